The first kappa shape index (κ1) is 16.0. The van der Waals surface area contributed by atoms with Crippen LogP contribution in [0.1, 0.15) is 11.7 Å². The van der Waals surface area contributed by atoms with Crippen LogP contribution in [0.15, 0.2) is 51.5 Å². The van der Waals surface area contributed by atoms with E-state index in [1.54, 1.807) is 23.5 Å². The summed E-state index contributed by atoms with van der Waals surface area (Å²) in [6.07, 6.45) is 0. The summed E-state index contributed by atoms with van der Waals surface area (Å²) in [5, 5.41) is 14.9. The van der Waals surface area contributed by atoms with Gasteiger partial charge in [0, 0.05) is 5.69 Å². The molecule has 0 saturated heterocycles. The Hall–Kier alpha value is -2.52. The molecule has 0 radical (unpaired) electrons. The molecule has 1 aromatic carbocycles. The van der Waals surface area contributed by atoms with Gasteiger partial charge < -0.3 is 4.52 Å². The highest BCUT2D eigenvalue weighted by atomic mass is 32.2. The van der Waals surface area contributed by atoms with Crippen molar-refractivity contribution in [2.45, 2.75) is 17.8 Å². The summed E-state index contributed by atoms with van der Waals surface area (Å²) in [7, 11) is 0. The minimum absolute atomic E-state index is 0.282. The van der Waals surface area contributed by atoms with E-state index < -0.39 is 0 Å². The predicted molar refractivity (Wildman–Crippen MR) is 93.2 cm³/mol. The zero-order chi connectivity index (χ0) is 17.2. The zero-order valence-electron chi connectivity index (χ0n) is 13.1. The fourth-order valence-corrected chi connectivity index (χ4v) is 3.75. The maximum absolute atomic E-state index is 13.1. The van der Waals surface area contributed by atoms with Crippen LogP contribution >= 0.6 is 23.1 Å². The van der Waals surface area contributed by atoms with Gasteiger partial charge in [0.25, 0.3) is 0 Å². The lowest BCUT2D eigenvalue weighted by atomic mass is 10.3. The average molecular weight is 373 g/mol. The number of benzene rings is 1. The molecular weight excluding hydrogens is 361 g/mol. The molecule has 25 heavy (non-hydrogen) atoms. The van der Waals surface area contributed by atoms with Gasteiger partial charge in [-0.1, -0.05) is 23.0 Å². The number of halogens is 1. The van der Waals surface area contributed by atoms with E-state index >= 15 is 0 Å². The van der Waals surface area contributed by atoms with Crippen molar-refractivity contribution in [1.82, 2.24) is 24.9 Å². The Kier molecular flexibility index (Phi) is 4.33. The van der Waals surface area contributed by atoms with E-state index in [2.05, 4.69) is 20.3 Å². The van der Waals surface area contributed by atoms with Gasteiger partial charge in [0.2, 0.25) is 11.7 Å². The van der Waals surface area contributed by atoms with Crippen molar-refractivity contribution < 1.29 is 8.91 Å². The van der Waals surface area contributed by atoms with Crippen LogP contribution in [0.5, 0.6) is 0 Å². The van der Waals surface area contributed by atoms with E-state index in [1.165, 1.54) is 23.9 Å². The van der Waals surface area contributed by atoms with E-state index in [0.29, 0.717) is 22.6 Å². The quantitative estimate of drug-likeness (QED) is 0.490. The van der Waals surface area contributed by atoms with Crippen molar-refractivity contribution >= 4 is 23.1 Å². The molecule has 0 fully saturated rings. The highest BCUT2D eigenvalue weighted by molar-refractivity contribution is 7.98. The number of nitrogens with zero attached hydrogens (tertiary/aromatic N) is 5. The number of thioether (sulfide) groups is 1. The maximum Gasteiger partial charge on any atom is 0.237 e. The van der Waals surface area contributed by atoms with Gasteiger partial charge in [0.1, 0.15) is 11.6 Å². The second-order valence-electron chi connectivity index (χ2n) is 5.12. The molecule has 3 aromatic heterocycles. The molecule has 0 bridgehead atoms. The second-order valence-corrected chi connectivity index (χ2v) is 7.01. The lowest BCUT2D eigenvalue weighted by molar-refractivity contribution is 0.391. The fraction of sp³-hybridized carbons (Fsp3) is 0.125. The summed E-state index contributed by atoms with van der Waals surface area (Å²) >= 11 is 2.99. The molecule has 0 aliphatic carbocycles. The van der Waals surface area contributed by atoms with Crippen LogP contribution < -0.4 is 0 Å². The van der Waals surface area contributed by atoms with Crippen LogP contribution in [0.25, 0.3) is 16.4 Å². The van der Waals surface area contributed by atoms with Gasteiger partial charge in [-0.05, 0) is 42.6 Å². The number of rotatable bonds is 5. The average Bonchev–Trinajstić information content (AvgIpc) is 3.34. The smallest absolute Gasteiger partial charge is 0.237 e. The lowest BCUT2D eigenvalue weighted by Crippen LogP contribution is -1.99. The summed E-state index contributed by atoms with van der Waals surface area (Å²) in [5.74, 6) is 2.01. The molecule has 0 aliphatic heterocycles. The van der Waals surface area contributed by atoms with Gasteiger partial charge in [-0.15, -0.1) is 21.5 Å². The first-order valence-corrected chi connectivity index (χ1v) is 9.24. The number of hydrogen-bond donors (Lipinski definition) is 0. The molecular formula is C16H12FN5OS2. The minimum Gasteiger partial charge on any atom is -0.338 e. The SMILES string of the molecule is Cc1nnc(SCc2nc(-c3cccs3)no2)n1-c1ccc(F)cc1. The molecule has 6 nitrogen and oxygen atoms in total. The largest absolute Gasteiger partial charge is 0.338 e. The molecule has 0 aliphatic rings. The third kappa shape index (κ3) is 3.33. The Balaban J connectivity index is 1.53. The Labute approximate surface area is 150 Å². The first-order valence-electron chi connectivity index (χ1n) is 7.38. The van der Waals surface area contributed by atoms with Gasteiger partial charge in [0.15, 0.2) is 5.16 Å². The second kappa shape index (κ2) is 6.77. The number of aromatic nitrogens is 5. The summed E-state index contributed by atoms with van der Waals surface area (Å²) in [6.45, 7) is 1.85. The van der Waals surface area contributed by atoms with Crippen LogP contribution in [0, 0.1) is 12.7 Å². The fourth-order valence-electron chi connectivity index (χ4n) is 2.27. The number of thiophene rings is 1. The summed E-state index contributed by atoms with van der Waals surface area (Å²) < 4.78 is 20.3. The summed E-state index contributed by atoms with van der Waals surface area (Å²) in [4.78, 5) is 5.36. The van der Waals surface area contributed by atoms with E-state index in [4.69, 9.17) is 4.52 Å². The van der Waals surface area contributed by atoms with Gasteiger partial charge in [-0.2, -0.15) is 4.98 Å². The van der Waals surface area contributed by atoms with E-state index in [0.717, 1.165) is 16.4 Å². The van der Waals surface area contributed by atoms with Crippen LogP contribution in [-0.4, -0.2) is 24.9 Å². The molecule has 0 atom stereocenters. The predicted octanol–water partition coefficient (Wildman–Crippen LogP) is 4.12. The molecule has 0 N–H and O–H groups in total. The Morgan fingerprint density at radius 2 is 2.04 bits per heavy atom. The van der Waals surface area contributed by atoms with Crippen molar-refractivity contribution in [3.63, 3.8) is 0 Å². The molecule has 0 unspecified atom stereocenters. The molecule has 0 amide bonds. The first-order chi connectivity index (χ1) is 12.2. The van der Waals surface area contributed by atoms with Crippen molar-refractivity contribution in [2.24, 2.45) is 0 Å². The van der Waals surface area contributed by atoms with E-state index in [9.17, 15) is 4.39 Å². The molecule has 3 heterocycles. The molecule has 126 valence electrons. The highest BCUT2D eigenvalue weighted by Gasteiger charge is 2.15. The van der Waals surface area contributed by atoms with Crippen molar-refractivity contribution in [2.75, 3.05) is 0 Å². The van der Waals surface area contributed by atoms with Crippen molar-refractivity contribution in [3.8, 4) is 16.4 Å². The van der Waals surface area contributed by atoms with Crippen LogP contribution in [-0.2, 0) is 5.75 Å². The summed E-state index contributed by atoms with van der Waals surface area (Å²) in [5.41, 5.74) is 0.802. The highest BCUT2D eigenvalue weighted by Crippen LogP contribution is 2.26. The monoisotopic (exact) mass is 373 g/mol. The standard InChI is InChI=1S/C16H12FN5OS2/c1-10-19-20-16(22(10)12-6-4-11(17)5-7-12)25-9-14-18-15(21-23-14)13-3-2-8-24-13/h2-8H,9H2,1H3. The number of aryl methyl sites for hydroxylation is 1. The van der Waals surface area contributed by atoms with Crippen LogP contribution in [0.2, 0.25) is 0 Å². The Morgan fingerprint density at radius 1 is 1.20 bits per heavy atom. The maximum atomic E-state index is 13.1. The molecule has 0 spiro atoms. The molecule has 9 heteroatoms. The minimum atomic E-state index is -0.282. The topological polar surface area (TPSA) is 69.6 Å². The molecule has 4 rings (SSSR count). The lowest BCUT2D eigenvalue weighted by Gasteiger charge is -2.07. The van der Waals surface area contributed by atoms with Gasteiger partial charge >= 0.3 is 0 Å². The molecule has 4 aromatic rings. The number of hydrogen-bond acceptors (Lipinski definition) is 7. The Bertz CT molecular complexity index is 979. The molecule has 0 saturated carbocycles. The van der Waals surface area contributed by atoms with E-state index in [-0.39, 0.29) is 5.82 Å². The van der Waals surface area contributed by atoms with Crippen LogP contribution in [0.3, 0.4) is 0 Å². The van der Waals surface area contributed by atoms with Gasteiger partial charge in [0.05, 0.1) is 10.6 Å². The summed E-state index contributed by atoms with van der Waals surface area (Å²) in [6, 6.07) is 10.1. The van der Waals surface area contributed by atoms with Gasteiger partial charge in [-0.25, -0.2) is 4.39 Å². The van der Waals surface area contributed by atoms with Crippen molar-refractivity contribution in [1.29, 1.82) is 0 Å². The Morgan fingerprint density at radius 3 is 2.80 bits per heavy atom. The zero-order valence-corrected chi connectivity index (χ0v) is 14.7. The van der Waals surface area contributed by atoms with Gasteiger partial charge in [-0.3, -0.25) is 4.57 Å². The van der Waals surface area contributed by atoms with Crippen LogP contribution in [0.4, 0.5) is 4.39 Å². The third-order valence-electron chi connectivity index (χ3n) is 3.41. The van der Waals surface area contributed by atoms with E-state index in [1.807, 2.05) is 29.0 Å². The van der Waals surface area contributed by atoms with Crippen molar-refractivity contribution in [3.05, 3.63) is 59.3 Å². The normalized spacial score (nSPS) is 11.1. The third-order valence-corrected chi connectivity index (χ3v) is 5.19.